The molecule has 36 heavy (non-hydrogen) atoms. The fourth-order valence-corrected chi connectivity index (χ4v) is 4.60. The zero-order valence-corrected chi connectivity index (χ0v) is 19.5. The van der Waals surface area contributed by atoms with Crippen LogP contribution in [0.5, 0.6) is 0 Å². The molecule has 2 aromatic carbocycles. The predicted molar refractivity (Wildman–Crippen MR) is 130 cm³/mol. The number of amides is 2. The number of aryl methyl sites for hydroxylation is 1. The number of nitro groups is 1. The summed E-state index contributed by atoms with van der Waals surface area (Å²) in [6.07, 6.45) is 1.70. The van der Waals surface area contributed by atoms with Crippen molar-refractivity contribution in [2.45, 2.75) is 13.2 Å². The maximum absolute atomic E-state index is 13.1. The molecule has 1 aliphatic heterocycles. The van der Waals surface area contributed by atoms with Crippen LogP contribution in [0.1, 0.15) is 24.3 Å². The van der Waals surface area contributed by atoms with Crippen molar-refractivity contribution in [2.24, 2.45) is 7.05 Å². The molecule has 0 radical (unpaired) electrons. The summed E-state index contributed by atoms with van der Waals surface area (Å²) in [5, 5.41) is 14.9. The Morgan fingerprint density at radius 3 is 2.31 bits per heavy atom. The van der Waals surface area contributed by atoms with Crippen LogP contribution in [-0.2, 0) is 26.1 Å². The molecular weight excluding hydrogens is 468 g/mol. The van der Waals surface area contributed by atoms with Gasteiger partial charge in [-0.15, -0.1) is 0 Å². The summed E-state index contributed by atoms with van der Waals surface area (Å²) >= 11 is 0. The molecule has 0 spiro atoms. The number of rotatable bonds is 5. The van der Waals surface area contributed by atoms with Gasteiger partial charge in [-0.1, -0.05) is 18.2 Å². The van der Waals surface area contributed by atoms with Crippen LogP contribution in [0.4, 0.5) is 10.5 Å². The van der Waals surface area contributed by atoms with Crippen LogP contribution in [0.3, 0.4) is 0 Å². The molecule has 0 saturated heterocycles. The summed E-state index contributed by atoms with van der Waals surface area (Å²) in [5.41, 5.74) is 2.39. The van der Waals surface area contributed by atoms with E-state index in [0.29, 0.717) is 32.9 Å². The van der Waals surface area contributed by atoms with E-state index in [4.69, 9.17) is 4.74 Å². The Labute approximate surface area is 203 Å². The molecule has 4 aromatic rings. The molecule has 5 rings (SSSR count). The van der Waals surface area contributed by atoms with E-state index >= 15 is 0 Å². The molecule has 1 unspecified atom stereocenters. The molecule has 3 heterocycles. The summed E-state index contributed by atoms with van der Waals surface area (Å²) in [6.45, 7) is 1.65. The van der Waals surface area contributed by atoms with Gasteiger partial charge in [-0.2, -0.15) is 0 Å². The molecule has 2 amide bonds. The van der Waals surface area contributed by atoms with Crippen LogP contribution in [0, 0.1) is 10.1 Å². The standard InChI is InChI=1S/C25H20N4O7/c1-13(36-25(32)35-3)28-12-18(15-6-4-5-7-19(15)28)22-21(23(30)26-24(22)31)17-11-27(2)20-10-14(29(33)34)8-9-16(17)20/h4-13H,1-3H3,(H,26,30,31). The van der Waals surface area contributed by atoms with E-state index in [1.807, 2.05) is 6.07 Å². The first-order valence-electron chi connectivity index (χ1n) is 10.9. The van der Waals surface area contributed by atoms with Crippen LogP contribution < -0.4 is 5.32 Å². The number of methoxy groups -OCH3 is 1. The van der Waals surface area contributed by atoms with Gasteiger partial charge in [0.1, 0.15) is 0 Å². The van der Waals surface area contributed by atoms with Crippen molar-refractivity contribution in [3.05, 3.63) is 76.1 Å². The molecule has 0 fully saturated rings. The van der Waals surface area contributed by atoms with Crippen molar-refractivity contribution in [1.82, 2.24) is 14.5 Å². The lowest BCUT2D eigenvalue weighted by molar-refractivity contribution is -0.384. The van der Waals surface area contributed by atoms with Crippen molar-refractivity contribution < 1.29 is 28.8 Å². The van der Waals surface area contributed by atoms with Gasteiger partial charge in [-0.3, -0.25) is 25.0 Å². The van der Waals surface area contributed by atoms with Crippen LogP contribution >= 0.6 is 0 Å². The Balaban J connectivity index is 1.76. The molecule has 0 aliphatic carbocycles. The van der Waals surface area contributed by atoms with Gasteiger partial charge in [0.25, 0.3) is 17.5 Å². The summed E-state index contributed by atoms with van der Waals surface area (Å²) in [5.74, 6) is -1.14. The van der Waals surface area contributed by atoms with Crippen molar-refractivity contribution in [1.29, 1.82) is 0 Å². The number of hydrogen-bond donors (Lipinski definition) is 1. The fraction of sp³-hybridized carbons (Fsp3) is 0.160. The third-order valence-electron chi connectivity index (χ3n) is 6.22. The highest BCUT2D eigenvalue weighted by atomic mass is 16.7. The molecule has 11 heteroatoms. The van der Waals surface area contributed by atoms with Gasteiger partial charge >= 0.3 is 6.16 Å². The second-order valence-electron chi connectivity index (χ2n) is 8.28. The largest absolute Gasteiger partial charge is 0.509 e. The lowest BCUT2D eigenvalue weighted by atomic mass is 9.95. The minimum absolute atomic E-state index is 0.0842. The third-order valence-corrected chi connectivity index (χ3v) is 6.22. The van der Waals surface area contributed by atoms with Gasteiger partial charge in [0.05, 0.1) is 34.2 Å². The third kappa shape index (κ3) is 3.49. The predicted octanol–water partition coefficient (Wildman–Crippen LogP) is 3.91. The maximum Gasteiger partial charge on any atom is 0.509 e. The molecule has 1 atom stereocenters. The Morgan fingerprint density at radius 1 is 1.00 bits per heavy atom. The first-order valence-corrected chi connectivity index (χ1v) is 10.9. The molecule has 1 aliphatic rings. The van der Waals surface area contributed by atoms with Crippen LogP contribution in [0.2, 0.25) is 0 Å². The number of ether oxygens (including phenoxy) is 2. The number of imide groups is 1. The number of carbonyl (C=O) groups is 3. The average Bonchev–Trinajstić information content (AvgIpc) is 3.49. The number of non-ortho nitro benzene ring substituents is 1. The van der Waals surface area contributed by atoms with Crippen molar-refractivity contribution in [2.75, 3.05) is 7.11 Å². The van der Waals surface area contributed by atoms with E-state index in [-0.39, 0.29) is 16.8 Å². The van der Waals surface area contributed by atoms with Gasteiger partial charge in [-0.25, -0.2) is 4.79 Å². The Bertz CT molecular complexity index is 1640. The second-order valence-corrected chi connectivity index (χ2v) is 8.28. The Hall–Kier alpha value is -4.93. The molecule has 2 aromatic heterocycles. The summed E-state index contributed by atoms with van der Waals surface area (Å²) in [7, 11) is 2.92. The average molecular weight is 488 g/mol. The number of nitrogens with zero attached hydrogens (tertiary/aromatic N) is 3. The zero-order valence-electron chi connectivity index (χ0n) is 19.5. The molecule has 1 N–H and O–H groups in total. The molecule has 0 saturated carbocycles. The quantitative estimate of drug-likeness (QED) is 0.195. The number of nitro benzene ring substituents is 1. The fourth-order valence-electron chi connectivity index (χ4n) is 4.60. The van der Waals surface area contributed by atoms with E-state index in [9.17, 15) is 24.5 Å². The number of benzene rings is 2. The van der Waals surface area contributed by atoms with Crippen molar-refractivity contribution in [3.8, 4) is 0 Å². The highest BCUT2D eigenvalue weighted by Gasteiger charge is 2.36. The normalized spacial score (nSPS) is 14.4. The van der Waals surface area contributed by atoms with E-state index < -0.39 is 29.1 Å². The summed E-state index contributed by atoms with van der Waals surface area (Å²) in [4.78, 5) is 48.6. The summed E-state index contributed by atoms with van der Waals surface area (Å²) < 4.78 is 13.2. The minimum Gasteiger partial charge on any atom is -0.438 e. The monoisotopic (exact) mass is 488 g/mol. The number of carbonyl (C=O) groups excluding carboxylic acids is 3. The van der Waals surface area contributed by atoms with E-state index in [1.54, 1.807) is 59.8 Å². The number of fused-ring (bicyclic) bond motifs is 2. The van der Waals surface area contributed by atoms with E-state index in [1.165, 1.54) is 19.2 Å². The second kappa shape index (κ2) is 8.38. The highest BCUT2D eigenvalue weighted by Crippen LogP contribution is 2.40. The molecular formula is C25H20N4O7. The summed E-state index contributed by atoms with van der Waals surface area (Å²) in [6, 6.07) is 11.6. The SMILES string of the molecule is COC(=O)OC(C)n1cc(C2=C(c3cn(C)c4cc([N+](=O)[O-])ccc34)C(=O)NC2=O)c2ccccc21. The topological polar surface area (TPSA) is 135 Å². The van der Waals surface area contributed by atoms with Crippen molar-refractivity contribution >= 4 is 56.6 Å². The smallest absolute Gasteiger partial charge is 0.438 e. The van der Waals surface area contributed by atoms with Crippen LogP contribution in [0.25, 0.3) is 33.0 Å². The highest BCUT2D eigenvalue weighted by molar-refractivity contribution is 6.50. The number of nitrogens with one attached hydrogen (secondary N) is 1. The molecule has 182 valence electrons. The van der Waals surface area contributed by atoms with Crippen molar-refractivity contribution in [3.63, 3.8) is 0 Å². The van der Waals surface area contributed by atoms with Gasteiger partial charge in [-0.05, 0) is 19.1 Å². The van der Waals surface area contributed by atoms with Crippen LogP contribution in [-0.4, -0.2) is 39.1 Å². The van der Waals surface area contributed by atoms with Gasteiger partial charge in [0.2, 0.25) is 0 Å². The van der Waals surface area contributed by atoms with Gasteiger partial charge in [0.15, 0.2) is 6.23 Å². The number of para-hydroxylation sites is 1. The minimum atomic E-state index is -0.861. The zero-order chi connectivity index (χ0) is 25.7. The van der Waals surface area contributed by atoms with E-state index in [0.717, 1.165) is 0 Å². The van der Waals surface area contributed by atoms with Gasteiger partial charge in [0, 0.05) is 53.5 Å². The Kier molecular flexibility index (Phi) is 5.32. The van der Waals surface area contributed by atoms with Crippen LogP contribution in [0.15, 0.2) is 54.9 Å². The first-order chi connectivity index (χ1) is 17.2. The maximum atomic E-state index is 13.1. The van der Waals surface area contributed by atoms with E-state index in [2.05, 4.69) is 10.1 Å². The molecule has 0 bridgehead atoms. The molecule has 11 nitrogen and oxygen atoms in total. The Morgan fingerprint density at radius 2 is 1.64 bits per heavy atom. The van der Waals surface area contributed by atoms with Gasteiger partial charge < -0.3 is 18.6 Å². The lowest BCUT2D eigenvalue weighted by Crippen LogP contribution is -2.22. The number of hydrogen-bond acceptors (Lipinski definition) is 7. The lowest BCUT2D eigenvalue weighted by Gasteiger charge is -2.15. The number of aromatic nitrogens is 2. The first kappa shape index (κ1) is 22.8.